The molecule has 1 aromatic carbocycles. The van der Waals surface area contributed by atoms with Crippen LogP contribution in [0.25, 0.3) is 5.65 Å². The third-order valence-corrected chi connectivity index (χ3v) is 5.57. The summed E-state index contributed by atoms with van der Waals surface area (Å²) in [5.41, 5.74) is 3.20. The molecule has 3 heterocycles. The first-order chi connectivity index (χ1) is 14.1. The van der Waals surface area contributed by atoms with Gasteiger partial charge in [0, 0.05) is 37.2 Å². The van der Waals surface area contributed by atoms with Crippen LogP contribution in [0.15, 0.2) is 42.6 Å². The molecule has 2 atom stereocenters. The number of hydrogen-bond donors (Lipinski definition) is 4. The van der Waals surface area contributed by atoms with E-state index in [2.05, 4.69) is 47.0 Å². The minimum atomic E-state index is -0.322. The molecule has 154 valence electrons. The molecule has 4 rings (SSSR count). The zero-order valence-electron chi connectivity index (χ0n) is 17.1. The first-order valence-corrected chi connectivity index (χ1v) is 10.4. The fourth-order valence-electron chi connectivity index (χ4n) is 3.76. The van der Waals surface area contributed by atoms with Gasteiger partial charge in [0.2, 0.25) is 0 Å². The highest BCUT2D eigenvalue weighted by Gasteiger charge is 2.23. The fraction of sp³-hybridized carbons (Fsp3) is 0.455. The maximum Gasteiger partial charge on any atom is 0.163 e. The smallest absolute Gasteiger partial charge is 0.163 e. The first kappa shape index (κ1) is 19.7. The largest absolute Gasteiger partial charge is 0.391 e. The molecule has 29 heavy (non-hydrogen) atoms. The Labute approximate surface area is 171 Å². The SMILES string of the molecule is CC(C)c1cnn2c(NCc3ccccc3)cc(NC[C@H]3CCNCC3O)nc12. The van der Waals surface area contributed by atoms with E-state index in [1.807, 2.05) is 35.0 Å². The number of aliphatic hydroxyl groups is 1. The van der Waals surface area contributed by atoms with E-state index in [0.717, 1.165) is 35.8 Å². The zero-order valence-corrected chi connectivity index (χ0v) is 17.1. The molecule has 7 heteroatoms. The average molecular weight is 395 g/mol. The Morgan fingerprint density at radius 1 is 1.24 bits per heavy atom. The minimum Gasteiger partial charge on any atom is -0.391 e. The van der Waals surface area contributed by atoms with E-state index in [9.17, 15) is 5.11 Å². The highest BCUT2D eigenvalue weighted by molar-refractivity contribution is 5.61. The van der Waals surface area contributed by atoms with Crippen molar-refractivity contribution >= 4 is 17.3 Å². The second kappa shape index (κ2) is 8.80. The normalized spacial score (nSPS) is 19.6. The molecule has 0 saturated carbocycles. The predicted molar refractivity (Wildman–Crippen MR) is 116 cm³/mol. The van der Waals surface area contributed by atoms with Gasteiger partial charge in [0.15, 0.2) is 5.65 Å². The van der Waals surface area contributed by atoms with Crippen LogP contribution >= 0.6 is 0 Å². The molecule has 1 saturated heterocycles. The van der Waals surface area contributed by atoms with Gasteiger partial charge < -0.3 is 21.1 Å². The number of fused-ring (bicyclic) bond motifs is 1. The number of hydrogen-bond acceptors (Lipinski definition) is 6. The molecule has 1 fully saturated rings. The Bertz CT molecular complexity index is 939. The summed E-state index contributed by atoms with van der Waals surface area (Å²) < 4.78 is 1.88. The van der Waals surface area contributed by atoms with Gasteiger partial charge in [0.05, 0.1) is 12.3 Å². The molecular weight excluding hydrogens is 364 g/mol. The Hall–Kier alpha value is -2.64. The number of benzene rings is 1. The number of piperidine rings is 1. The van der Waals surface area contributed by atoms with Gasteiger partial charge in [0.1, 0.15) is 11.6 Å². The molecule has 0 radical (unpaired) electrons. The molecule has 0 amide bonds. The summed E-state index contributed by atoms with van der Waals surface area (Å²) in [6, 6.07) is 12.3. The van der Waals surface area contributed by atoms with Crippen molar-refractivity contribution in [2.45, 2.75) is 38.8 Å². The van der Waals surface area contributed by atoms with Crippen LogP contribution < -0.4 is 16.0 Å². The Balaban J connectivity index is 1.58. The summed E-state index contributed by atoms with van der Waals surface area (Å²) in [6.07, 6.45) is 2.54. The van der Waals surface area contributed by atoms with Crippen LogP contribution in [0.2, 0.25) is 0 Å². The third kappa shape index (κ3) is 4.52. The molecule has 0 spiro atoms. The standard InChI is InChI=1S/C22H30N6O/c1-15(2)18-13-26-28-21(25-11-16-6-4-3-5-7-16)10-20(27-22(18)28)24-12-17-8-9-23-14-19(17)29/h3-7,10,13,15,17,19,23,25,29H,8-9,11-12,14H2,1-2H3,(H,24,27)/t17-,19?/m1/s1. The lowest BCUT2D eigenvalue weighted by Gasteiger charge is -2.28. The molecule has 0 bridgehead atoms. The van der Waals surface area contributed by atoms with E-state index < -0.39 is 0 Å². The van der Waals surface area contributed by atoms with E-state index in [1.165, 1.54) is 5.56 Å². The molecule has 3 aromatic rings. The lowest BCUT2D eigenvalue weighted by atomic mass is 9.95. The van der Waals surface area contributed by atoms with Crippen LogP contribution in [0.3, 0.4) is 0 Å². The van der Waals surface area contributed by atoms with Crippen molar-refractivity contribution in [2.75, 3.05) is 30.3 Å². The van der Waals surface area contributed by atoms with Crippen molar-refractivity contribution in [3.05, 3.63) is 53.7 Å². The van der Waals surface area contributed by atoms with Crippen molar-refractivity contribution in [1.29, 1.82) is 0 Å². The summed E-state index contributed by atoms with van der Waals surface area (Å²) in [6.45, 7) is 7.32. The van der Waals surface area contributed by atoms with Crippen molar-refractivity contribution in [2.24, 2.45) is 5.92 Å². The maximum atomic E-state index is 10.2. The van der Waals surface area contributed by atoms with Crippen LogP contribution in [0.5, 0.6) is 0 Å². The number of nitrogens with zero attached hydrogens (tertiary/aromatic N) is 3. The van der Waals surface area contributed by atoms with Crippen LogP contribution in [-0.2, 0) is 6.54 Å². The molecule has 1 aliphatic heterocycles. The van der Waals surface area contributed by atoms with Gasteiger partial charge in [-0.3, -0.25) is 0 Å². The Morgan fingerprint density at radius 2 is 2.07 bits per heavy atom. The average Bonchev–Trinajstić information content (AvgIpc) is 3.16. The minimum absolute atomic E-state index is 0.226. The highest BCUT2D eigenvalue weighted by Crippen LogP contribution is 2.25. The van der Waals surface area contributed by atoms with E-state index in [4.69, 9.17) is 4.98 Å². The zero-order chi connectivity index (χ0) is 20.2. The Morgan fingerprint density at radius 3 is 2.83 bits per heavy atom. The summed E-state index contributed by atoms with van der Waals surface area (Å²) in [4.78, 5) is 4.83. The predicted octanol–water partition coefficient (Wildman–Crippen LogP) is 2.85. The Kier molecular flexibility index (Phi) is 5.97. The molecule has 1 aliphatic rings. The third-order valence-electron chi connectivity index (χ3n) is 5.57. The molecule has 1 unspecified atom stereocenters. The monoisotopic (exact) mass is 394 g/mol. The van der Waals surface area contributed by atoms with E-state index in [0.29, 0.717) is 25.6 Å². The highest BCUT2D eigenvalue weighted by atomic mass is 16.3. The maximum absolute atomic E-state index is 10.2. The molecule has 7 nitrogen and oxygen atoms in total. The number of aliphatic hydroxyl groups excluding tert-OH is 1. The second-order valence-corrected chi connectivity index (χ2v) is 8.06. The van der Waals surface area contributed by atoms with Crippen LogP contribution in [0.1, 0.15) is 37.3 Å². The van der Waals surface area contributed by atoms with Gasteiger partial charge in [-0.1, -0.05) is 44.2 Å². The van der Waals surface area contributed by atoms with Gasteiger partial charge >= 0.3 is 0 Å². The number of β-amino-alcohol motifs (C(OH)–C–C–N with tert-alkyl or cyclic N) is 1. The van der Waals surface area contributed by atoms with Gasteiger partial charge in [-0.2, -0.15) is 9.61 Å². The van der Waals surface area contributed by atoms with Crippen LogP contribution in [0, 0.1) is 5.92 Å². The van der Waals surface area contributed by atoms with Gasteiger partial charge in [-0.05, 0) is 24.4 Å². The number of anilines is 2. The lowest BCUT2D eigenvalue weighted by molar-refractivity contribution is 0.0883. The van der Waals surface area contributed by atoms with Crippen molar-refractivity contribution < 1.29 is 5.11 Å². The summed E-state index contributed by atoms with van der Waals surface area (Å²) in [5.74, 6) is 2.27. The van der Waals surface area contributed by atoms with Crippen molar-refractivity contribution in [3.63, 3.8) is 0 Å². The van der Waals surface area contributed by atoms with Gasteiger partial charge in [-0.15, -0.1) is 0 Å². The summed E-state index contributed by atoms with van der Waals surface area (Å²) in [5, 5.41) is 25.0. The second-order valence-electron chi connectivity index (χ2n) is 8.06. The number of aromatic nitrogens is 3. The lowest BCUT2D eigenvalue weighted by Crippen LogP contribution is -2.43. The fourth-order valence-corrected chi connectivity index (χ4v) is 3.76. The number of rotatable bonds is 7. The van der Waals surface area contributed by atoms with Crippen molar-refractivity contribution in [3.8, 4) is 0 Å². The van der Waals surface area contributed by atoms with Crippen molar-refractivity contribution in [1.82, 2.24) is 19.9 Å². The molecule has 4 N–H and O–H groups in total. The summed E-state index contributed by atoms with van der Waals surface area (Å²) >= 11 is 0. The number of nitrogens with one attached hydrogen (secondary N) is 3. The quantitative estimate of drug-likeness (QED) is 0.493. The summed E-state index contributed by atoms with van der Waals surface area (Å²) in [7, 11) is 0. The van der Waals surface area contributed by atoms with E-state index in [1.54, 1.807) is 0 Å². The topological polar surface area (TPSA) is 86.5 Å². The first-order valence-electron chi connectivity index (χ1n) is 10.4. The van der Waals surface area contributed by atoms with Gasteiger partial charge in [0.25, 0.3) is 0 Å². The molecule has 0 aliphatic carbocycles. The van der Waals surface area contributed by atoms with E-state index in [-0.39, 0.29) is 12.0 Å². The van der Waals surface area contributed by atoms with E-state index >= 15 is 0 Å². The molecular formula is C22H30N6O. The molecule has 2 aromatic heterocycles. The van der Waals surface area contributed by atoms with Gasteiger partial charge in [-0.25, -0.2) is 4.98 Å². The van der Waals surface area contributed by atoms with Crippen LogP contribution in [-0.4, -0.2) is 45.4 Å². The van der Waals surface area contributed by atoms with Crippen LogP contribution in [0.4, 0.5) is 11.6 Å².